The molecule has 0 aliphatic carbocycles. The molecule has 0 N–H and O–H groups in total. The van der Waals surface area contributed by atoms with Crippen LogP contribution in [-0.2, 0) is 10.2 Å². The van der Waals surface area contributed by atoms with E-state index in [0.29, 0.717) is 36.8 Å². The first-order valence-corrected chi connectivity index (χ1v) is 10.4. The topological polar surface area (TPSA) is 105 Å². The Morgan fingerprint density at radius 3 is 2.45 bits per heavy atom. The zero-order chi connectivity index (χ0) is 20.4. The highest BCUT2D eigenvalue weighted by Gasteiger charge is 2.26. The van der Waals surface area contributed by atoms with Gasteiger partial charge in [-0.1, -0.05) is 24.3 Å². The zero-order valence-electron chi connectivity index (χ0n) is 16.1. The fraction of sp³-hybridized carbons (Fsp3) is 0.263. The molecule has 10 heteroatoms. The highest BCUT2D eigenvalue weighted by molar-refractivity contribution is 7.86. The maximum Gasteiger partial charge on any atom is 0.281 e. The summed E-state index contributed by atoms with van der Waals surface area (Å²) in [7, 11) is -0.377. The minimum Gasteiger partial charge on any atom is -0.415 e. The molecule has 0 spiro atoms. The Morgan fingerprint density at radius 2 is 1.76 bits per heavy atom. The number of rotatable bonds is 5. The molecule has 1 aliphatic heterocycles. The Bertz CT molecular complexity index is 1140. The van der Waals surface area contributed by atoms with E-state index in [2.05, 4.69) is 20.2 Å². The molecule has 3 aromatic rings. The molecule has 1 aliphatic rings. The first-order valence-electron chi connectivity index (χ1n) is 9.03. The minimum atomic E-state index is -3.43. The first kappa shape index (κ1) is 19.4. The van der Waals surface area contributed by atoms with E-state index in [-0.39, 0.29) is 5.89 Å². The number of nitrogens with zero attached hydrogens (tertiary/aromatic N) is 6. The average Bonchev–Trinajstić information content (AvgIpc) is 3.25. The molecule has 0 fully saturated rings. The van der Waals surface area contributed by atoms with E-state index in [4.69, 9.17) is 4.42 Å². The van der Waals surface area contributed by atoms with Crippen LogP contribution in [-0.4, -0.2) is 64.4 Å². The van der Waals surface area contributed by atoms with Crippen LogP contribution >= 0.6 is 0 Å². The number of hydrogen-bond donors (Lipinski definition) is 0. The van der Waals surface area contributed by atoms with Crippen LogP contribution in [0.2, 0.25) is 0 Å². The van der Waals surface area contributed by atoms with Gasteiger partial charge in [-0.05, 0) is 24.1 Å². The zero-order valence-corrected chi connectivity index (χ0v) is 16.9. The molecule has 0 atom stereocenters. The van der Waals surface area contributed by atoms with E-state index >= 15 is 0 Å². The Kier molecular flexibility index (Phi) is 5.22. The predicted octanol–water partition coefficient (Wildman–Crippen LogP) is 2.09. The summed E-state index contributed by atoms with van der Waals surface area (Å²) in [4.78, 5) is 8.83. The lowest BCUT2D eigenvalue weighted by atomic mass is 10.1. The second-order valence-electron chi connectivity index (χ2n) is 6.70. The molecule has 3 heterocycles. The summed E-state index contributed by atoms with van der Waals surface area (Å²) in [6.07, 6.45) is 5.63. The molecule has 1 aromatic carbocycles. The third-order valence-corrected chi connectivity index (χ3v) is 6.50. The van der Waals surface area contributed by atoms with Gasteiger partial charge in [0.25, 0.3) is 16.1 Å². The summed E-state index contributed by atoms with van der Waals surface area (Å²) in [5.74, 6) is 0.695. The van der Waals surface area contributed by atoms with Crippen LogP contribution < -0.4 is 0 Å². The number of aromatic nitrogens is 4. The van der Waals surface area contributed by atoms with Crippen molar-refractivity contribution in [1.82, 2.24) is 28.8 Å². The summed E-state index contributed by atoms with van der Waals surface area (Å²) in [6, 6.07) is 9.49. The lowest BCUT2D eigenvalue weighted by Crippen LogP contribution is -2.42. The molecule has 0 saturated heterocycles. The van der Waals surface area contributed by atoms with Gasteiger partial charge in [0.15, 0.2) is 0 Å². The molecule has 2 aromatic heterocycles. The molecule has 0 bridgehead atoms. The van der Waals surface area contributed by atoms with Gasteiger partial charge in [0, 0.05) is 32.7 Å². The van der Waals surface area contributed by atoms with Crippen molar-refractivity contribution in [1.29, 1.82) is 0 Å². The lowest BCUT2D eigenvalue weighted by Gasteiger charge is -2.28. The predicted molar refractivity (Wildman–Crippen MR) is 108 cm³/mol. The van der Waals surface area contributed by atoms with Gasteiger partial charge < -0.3 is 4.42 Å². The van der Waals surface area contributed by atoms with Crippen molar-refractivity contribution in [2.24, 2.45) is 0 Å². The van der Waals surface area contributed by atoms with Crippen LogP contribution in [0.25, 0.3) is 28.6 Å². The van der Waals surface area contributed by atoms with Gasteiger partial charge >= 0.3 is 0 Å². The highest BCUT2D eigenvalue weighted by Crippen LogP contribution is 2.26. The highest BCUT2D eigenvalue weighted by atomic mass is 32.2. The fourth-order valence-electron chi connectivity index (χ4n) is 2.97. The minimum absolute atomic E-state index is 0.284. The van der Waals surface area contributed by atoms with E-state index in [1.54, 1.807) is 12.4 Å². The van der Waals surface area contributed by atoms with Gasteiger partial charge in [0.2, 0.25) is 5.89 Å². The molecule has 0 radical (unpaired) electrons. The van der Waals surface area contributed by atoms with Crippen LogP contribution in [0.1, 0.15) is 12.1 Å². The lowest BCUT2D eigenvalue weighted by molar-refractivity contribution is 0.396. The molecule has 0 saturated carbocycles. The number of benzene rings is 1. The van der Waals surface area contributed by atoms with Gasteiger partial charge in [0.05, 0.1) is 18.1 Å². The third kappa shape index (κ3) is 3.95. The Hall–Kier alpha value is -2.95. The van der Waals surface area contributed by atoms with Gasteiger partial charge in [-0.25, -0.2) is 4.98 Å². The second kappa shape index (κ2) is 7.82. The van der Waals surface area contributed by atoms with Crippen LogP contribution in [0.3, 0.4) is 0 Å². The standard InChI is InChI=1S/C19H20N6O3S/c1-24(2)29(26,27)25-10-8-14(9-11-25)16-12-20-13-17(21-16)19-23-22-18(28-19)15-6-4-3-5-7-15/h3-8,12-13H,9-11H2,1-2H3. The molecule has 150 valence electrons. The Morgan fingerprint density at radius 1 is 1.03 bits per heavy atom. The van der Waals surface area contributed by atoms with Crippen molar-refractivity contribution in [2.75, 3.05) is 27.2 Å². The van der Waals surface area contributed by atoms with Crippen molar-refractivity contribution >= 4 is 15.8 Å². The summed E-state index contributed by atoms with van der Waals surface area (Å²) >= 11 is 0. The second-order valence-corrected chi connectivity index (χ2v) is 8.84. The van der Waals surface area contributed by atoms with Crippen molar-refractivity contribution in [3.8, 4) is 23.0 Å². The van der Waals surface area contributed by atoms with Crippen molar-refractivity contribution < 1.29 is 12.8 Å². The third-order valence-electron chi connectivity index (χ3n) is 4.59. The van der Waals surface area contributed by atoms with Gasteiger partial charge in [0.1, 0.15) is 5.69 Å². The smallest absolute Gasteiger partial charge is 0.281 e. The largest absolute Gasteiger partial charge is 0.415 e. The van der Waals surface area contributed by atoms with Crippen LogP contribution in [0.4, 0.5) is 0 Å². The molecule has 29 heavy (non-hydrogen) atoms. The van der Waals surface area contributed by atoms with Gasteiger partial charge in [-0.2, -0.15) is 17.0 Å². The maximum absolute atomic E-state index is 12.3. The van der Waals surface area contributed by atoms with Crippen molar-refractivity contribution in [3.05, 3.63) is 54.5 Å². The molecule has 9 nitrogen and oxygen atoms in total. The molecular weight excluding hydrogens is 392 g/mol. The van der Waals surface area contributed by atoms with Gasteiger partial charge in [-0.3, -0.25) is 4.98 Å². The van der Waals surface area contributed by atoms with Gasteiger partial charge in [-0.15, -0.1) is 10.2 Å². The normalized spacial score (nSPS) is 15.5. The van der Waals surface area contributed by atoms with Crippen molar-refractivity contribution in [2.45, 2.75) is 6.42 Å². The molecule has 4 rings (SSSR count). The molecule has 0 unspecified atom stereocenters. The first-order chi connectivity index (χ1) is 13.9. The quantitative estimate of drug-likeness (QED) is 0.632. The summed E-state index contributed by atoms with van der Waals surface area (Å²) in [5, 5.41) is 8.16. The fourth-order valence-corrected chi connectivity index (χ4v) is 4.02. The van der Waals surface area contributed by atoms with E-state index in [9.17, 15) is 8.42 Å². The van der Waals surface area contributed by atoms with E-state index in [0.717, 1.165) is 11.1 Å². The summed E-state index contributed by atoms with van der Waals surface area (Å²) in [6.45, 7) is 0.678. The van der Waals surface area contributed by atoms with E-state index in [1.807, 2.05) is 36.4 Å². The SMILES string of the molecule is CN(C)S(=O)(=O)N1CC=C(c2cncc(-c3nnc(-c4ccccc4)o3)n2)CC1. The van der Waals surface area contributed by atoms with Crippen molar-refractivity contribution in [3.63, 3.8) is 0 Å². The Balaban J connectivity index is 1.56. The Labute approximate surface area is 168 Å². The van der Waals surface area contributed by atoms with Crippen LogP contribution in [0.15, 0.2) is 53.2 Å². The molecule has 0 amide bonds. The average molecular weight is 412 g/mol. The molecular formula is C19H20N6O3S. The number of hydrogen-bond acceptors (Lipinski definition) is 7. The summed E-state index contributed by atoms with van der Waals surface area (Å²) in [5.41, 5.74) is 2.91. The monoisotopic (exact) mass is 412 g/mol. The maximum atomic E-state index is 12.3. The van der Waals surface area contributed by atoms with E-state index < -0.39 is 10.2 Å². The van der Waals surface area contributed by atoms with Crippen LogP contribution in [0.5, 0.6) is 0 Å². The van der Waals surface area contributed by atoms with Crippen LogP contribution in [0, 0.1) is 0 Å². The summed E-state index contributed by atoms with van der Waals surface area (Å²) < 4.78 is 32.9. The van der Waals surface area contributed by atoms with E-state index in [1.165, 1.54) is 22.7 Å².